The second-order valence-corrected chi connectivity index (χ2v) is 6.27. The molecule has 0 bridgehead atoms. The van der Waals surface area contributed by atoms with Gasteiger partial charge in [0.15, 0.2) is 0 Å². The summed E-state index contributed by atoms with van der Waals surface area (Å²) in [6.45, 7) is 1.26. The number of hydrogen-bond donors (Lipinski definition) is 1. The first-order chi connectivity index (χ1) is 14.7. The summed E-state index contributed by atoms with van der Waals surface area (Å²) in [7, 11) is 0. The Morgan fingerprint density at radius 1 is 1.29 bits per heavy atom. The minimum Gasteiger partial charge on any atom is -0.494 e. The molecule has 0 saturated carbocycles. The maximum Gasteiger partial charge on any atom is 0.301 e. The SMILES string of the molecule is Cc1c(C=Nc2ccc([N+](=O)[O-])cc2[N+](=O)[O-])c(O)n(Cc2ccco2)c(=O)c1C#N. The summed E-state index contributed by atoms with van der Waals surface area (Å²) < 4.78 is 6.09. The molecule has 3 rings (SSSR count). The van der Waals surface area contributed by atoms with Gasteiger partial charge in [-0.05, 0) is 30.7 Å². The van der Waals surface area contributed by atoms with Gasteiger partial charge in [0.25, 0.3) is 11.2 Å². The van der Waals surface area contributed by atoms with E-state index in [0.717, 1.165) is 29.0 Å². The molecular weight excluding hydrogens is 410 g/mol. The highest BCUT2D eigenvalue weighted by atomic mass is 16.6. The van der Waals surface area contributed by atoms with Crippen molar-refractivity contribution in [2.24, 2.45) is 4.99 Å². The number of nitro benzene ring substituents is 2. The van der Waals surface area contributed by atoms with E-state index >= 15 is 0 Å². The number of aromatic nitrogens is 1. The van der Waals surface area contributed by atoms with Gasteiger partial charge in [-0.25, -0.2) is 4.99 Å². The second kappa shape index (κ2) is 8.29. The second-order valence-electron chi connectivity index (χ2n) is 6.27. The summed E-state index contributed by atoms with van der Waals surface area (Å²) in [5.41, 5.74) is -2.20. The van der Waals surface area contributed by atoms with Crippen LogP contribution in [0.1, 0.15) is 22.5 Å². The molecule has 2 heterocycles. The van der Waals surface area contributed by atoms with Crippen LogP contribution in [0.3, 0.4) is 0 Å². The minimum absolute atomic E-state index is 0.0182. The zero-order chi connectivity index (χ0) is 22.7. The van der Waals surface area contributed by atoms with Gasteiger partial charge in [0.2, 0.25) is 5.88 Å². The van der Waals surface area contributed by atoms with Gasteiger partial charge in [-0.1, -0.05) is 0 Å². The lowest BCUT2D eigenvalue weighted by Gasteiger charge is -2.13. The number of pyridine rings is 1. The number of nitrogens with zero attached hydrogens (tertiary/aromatic N) is 5. The standard InChI is InChI=1S/C19H13N5O7/c1-11-14(8-20)18(25)22(10-13-3-2-6-31-13)19(26)15(11)9-21-16-5-4-12(23(27)28)7-17(16)24(29)30/h2-7,9,26H,10H2,1H3. The van der Waals surface area contributed by atoms with Crippen molar-refractivity contribution in [2.75, 3.05) is 0 Å². The van der Waals surface area contributed by atoms with E-state index in [1.807, 2.05) is 0 Å². The van der Waals surface area contributed by atoms with Gasteiger partial charge in [-0.3, -0.25) is 29.6 Å². The van der Waals surface area contributed by atoms with E-state index in [-0.39, 0.29) is 28.9 Å². The molecular formula is C19H13N5O7. The molecule has 156 valence electrons. The Morgan fingerprint density at radius 3 is 2.61 bits per heavy atom. The maximum atomic E-state index is 12.6. The third-order valence-electron chi connectivity index (χ3n) is 4.44. The fourth-order valence-corrected chi connectivity index (χ4v) is 2.85. The molecule has 0 radical (unpaired) electrons. The first-order valence-corrected chi connectivity index (χ1v) is 8.60. The molecule has 0 amide bonds. The molecule has 1 aromatic carbocycles. The number of aliphatic imine (C=N–C) groups is 1. The van der Waals surface area contributed by atoms with Gasteiger partial charge < -0.3 is 9.52 Å². The van der Waals surface area contributed by atoms with Crippen LogP contribution in [0.15, 0.2) is 50.8 Å². The topological polar surface area (TPSA) is 178 Å². The highest BCUT2D eigenvalue weighted by Gasteiger charge is 2.21. The third-order valence-corrected chi connectivity index (χ3v) is 4.44. The number of aromatic hydroxyl groups is 1. The van der Waals surface area contributed by atoms with Crippen molar-refractivity contribution in [3.05, 3.63) is 89.6 Å². The van der Waals surface area contributed by atoms with Crippen molar-refractivity contribution >= 4 is 23.3 Å². The van der Waals surface area contributed by atoms with Gasteiger partial charge in [-0.2, -0.15) is 5.26 Å². The minimum atomic E-state index is -0.828. The number of hydrogen-bond acceptors (Lipinski definition) is 9. The molecule has 2 aromatic heterocycles. The molecule has 12 nitrogen and oxygen atoms in total. The average molecular weight is 423 g/mol. The molecule has 1 N–H and O–H groups in total. The van der Waals surface area contributed by atoms with Crippen molar-refractivity contribution < 1.29 is 19.4 Å². The van der Waals surface area contributed by atoms with Crippen LogP contribution in [0.2, 0.25) is 0 Å². The molecule has 3 aromatic rings. The summed E-state index contributed by atoms with van der Waals surface area (Å²) >= 11 is 0. The number of non-ortho nitro benzene ring substituents is 1. The van der Waals surface area contributed by atoms with Crippen molar-refractivity contribution in [2.45, 2.75) is 13.5 Å². The summed E-state index contributed by atoms with van der Waals surface area (Å²) in [4.78, 5) is 37.1. The largest absolute Gasteiger partial charge is 0.494 e. The number of nitriles is 1. The summed E-state index contributed by atoms with van der Waals surface area (Å²) in [6, 6.07) is 7.84. The molecule has 0 fully saturated rings. The summed E-state index contributed by atoms with van der Waals surface area (Å²) in [5, 5.41) is 42.2. The quantitative estimate of drug-likeness (QED) is 0.357. The van der Waals surface area contributed by atoms with Crippen LogP contribution in [0, 0.1) is 38.5 Å². The van der Waals surface area contributed by atoms with E-state index in [1.165, 1.54) is 13.2 Å². The molecule has 0 saturated heterocycles. The Kier molecular flexibility index (Phi) is 5.60. The Hall–Kier alpha value is -4.79. The number of benzene rings is 1. The van der Waals surface area contributed by atoms with E-state index in [0.29, 0.717) is 5.76 Å². The molecule has 0 aliphatic heterocycles. The maximum absolute atomic E-state index is 12.6. The molecule has 0 unspecified atom stereocenters. The van der Waals surface area contributed by atoms with Crippen molar-refractivity contribution in [1.29, 1.82) is 5.26 Å². The van der Waals surface area contributed by atoms with Gasteiger partial charge in [0.1, 0.15) is 23.1 Å². The first-order valence-electron chi connectivity index (χ1n) is 8.60. The van der Waals surface area contributed by atoms with Crippen LogP contribution >= 0.6 is 0 Å². The smallest absolute Gasteiger partial charge is 0.301 e. The Bertz CT molecular complexity index is 1320. The van der Waals surface area contributed by atoms with E-state index in [4.69, 9.17) is 4.42 Å². The van der Waals surface area contributed by atoms with Crippen LogP contribution in [-0.2, 0) is 6.54 Å². The van der Waals surface area contributed by atoms with Gasteiger partial charge in [0, 0.05) is 12.3 Å². The lowest BCUT2D eigenvalue weighted by Crippen LogP contribution is -2.25. The molecule has 12 heteroatoms. The summed E-state index contributed by atoms with van der Waals surface area (Å²) in [5.74, 6) is -0.176. The number of rotatable bonds is 6. The van der Waals surface area contributed by atoms with Crippen molar-refractivity contribution in [3.8, 4) is 11.9 Å². The predicted octanol–water partition coefficient (Wildman–Crippen LogP) is 2.94. The van der Waals surface area contributed by atoms with Gasteiger partial charge in [-0.15, -0.1) is 0 Å². The molecule has 0 atom stereocenters. The van der Waals surface area contributed by atoms with E-state index < -0.39 is 32.7 Å². The zero-order valence-corrected chi connectivity index (χ0v) is 15.9. The van der Waals surface area contributed by atoms with Crippen LogP contribution in [0.25, 0.3) is 0 Å². The lowest BCUT2D eigenvalue weighted by atomic mass is 10.1. The Labute approximate surface area is 173 Å². The average Bonchev–Trinajstić information content (AvgIpc) is 3.24. The Balaban J connectivity index is 2.15. The lowest BCUT2D eigenvalue weighted by molar-refractivity contribution is -0.393. The van der Waals surface area contributed by atoms with Gasteiger partial charge in [0.05, 0.1) is 34.3 Å². The highest BCUT2D eigenvalue weighted by Crippen LogP contribution is 2.32. The van der Waals surface area contributed by atoms with Crippen molar-refractivity contribution in [3.63, 3.8) is 0 Å². The number of furan rings is 1. The third kappa shape index (κ3) is 4.01. The van der Waals surface area contributed by atoms with Gasteiger partial charge >= 0.3 is 5.69 Å². The normalized spacial score (nSPS) is 10.8. The first kappa shape index (κ1) is 20.9. The number of nitro groups is 2. The fraction of sp³-hybridized carbons (Fsp3) is 0.105. The van der Waals surface area contributed by atoms with E-state index in [1.54, 1.807) is 18.2 Å². The van der Waals surface area contributed by atoms with Crippen LogP contribution < -0.4 is 5.56 Å². The monoisotopic (exact) mass is 423 g/mol. The van der Waals surface area contributed by atoms with E-state index in [9.17, 15) is 35.4 Å². The molecule has 0 aliphatic carbocycles. The van der Waals surface area contributed by atoms with Crippen LogP contribution in [-0.4, -0.2) is 25.7 Å². The highest BCUT2D eigenvalue weighted by molar-refractivity contribution is 5.88. The fourth-order valence-electron chi connectivity index (χ4n) is 2.85. The van der Waals surface area contributed by atoms with Crippen LogP contribution in [0.4, 0.5) is 17.1 Å². The molecule has 31 heavy (non-hydrogen) atoms. The van der Waals surface area contributed by atoms with Crippen molar-refractivity contribution in [1.82, 2.24) is 4.57 Å². The zero-order valence-electron chi connectivity index (χ0n) is 15.9. The van der Waals surface area contributed by atoms with Crippen LogP contribution in [0.5, 0.6) is 5.88 Å². The Morgan fingerprint density at radius 2 is 2.03 bits per heavy atom. The predicted molar refractivity (Wildman–Crippen MR) is 107 cm³/mol. The molecule has 0 spiro atoms. The summed E-state index contributed by atoms with van der Waals surface area (Å²) in [6.07, 6.45) is 2.44. The molecule has 0 aliphatic rings. The van der Waals surface area contributed by atoms with E-state index in [2.05, 4.69) is 4.99 Å².